The number of rotatable bonds is 2. The lowest BCUT2D eigenvalue weighted by Crippen LogP contribution is -2.04. The quantitative estimate of drug-likeness (QED) is 0.699. The van der Waals surface area contributed by atoms with Crippen LogP contribution in [0.1, 0.15) is 25.3 Å². The summed E-state index contributed by atoms with van der Waals surface area (Å²) in [7, 11) is 0. The Morgan fingerprint density at radius 2 is 1.80 bits per heavy atom. The number of fused-ring (bicyclic) bond motifs is 1. The normalized spacial score (nSPS) is 11.3. The Morgan fingerprint density at radius 1 is 1.05 bits per heavy atom. The van der Waals surface area contributed by atoms with Gasteiger partial charge in [0.1, 0.15) is 0 Å². The summed E-state index contributed by atoms with van der Waals surface area (Å²) in [5.74, 6) is 0.899. The number of aromatic nitrogens is 2. The summed E-state index contributed by atoms with van der Waals surface area (Å²) in [4.78, 5) is 4.41. The molecule has 1 heterocycles. The zero-order valence-electron chi connectivity index (χ0n) is 11.7. The lowest BCUT2D eigenvalue weighted by molar-refractivity contribution is 0.851. The topological polar surface area (TPSA) is 69.9 Å². The van der Waals surface area contributed by atoms with Crippen molar-refractivity contribution < 1.29 is 0 Å². The van der Waals surface area contributed by atoms with Crippen molar-refractivity contribution in [2.24, 2.45) is 0 Å². The third-order valence-corrected chi connectivity index (χ3v) is 3.50. The largest absolute Gasteiger partial charge is 0.399 e. The highest BCUT2D eigenvalue weighted by Crippen LogP contribution is 2.29. The molecule has 0 amide bonds. The predicted molar refractivity (Wildman–Crippen MR) is 84.0 cm³/mol. The van der Waals surface area contributed by atoms with E-state index in [-0.39, 0.29) is 0 Å². The second kappa shape index (κ2) is 4.56. The molecule has 3 rings (SSSR count). The molecule has 4 heteroatoms. The molecule has 0 aliphatic heterocycles. The lowest BCUT2D eigenvalue weighted by Gasteiger charge is -2.15. The van der Waals surface area contributed by atoms with Gasteiger partial charge in [0.25, 0.3) is 0 Å². The van der Waals surface area contributed by atoms with E-state index in [9.17, 15) is 0 Å². The van der Waals surface area contributed by atoms with Crippen LogP contribution in [0.25, 0.3) is 16.7 Å². The van der Waals surface area contributed by atoms with E-state index in [0.717, 1.165) is 16.7 Å². The summed E-state index contributed by atoms with van der Waals surface area (Å²) >= 11 is 0. The number of nitrogens with two attached hydrogens (primary N) is 2. The van der Waals surface area contributed by atoms with Gasteiger partial charge >= 0.3 is 0 Å². The summed E-state index contributed by atoms with van der Waals surface area (Å²) in [5.41, 5.74) is 16.7. The number of hydrogen-bond donors (Lipinski definition) is 2. The van der Waals surface area contributed by atoms with Crippen LogP contribution in [0.2, 0.25) is 0 Å². The molecule has 102 valence electrons. The van der Waals surface area contributed by atoms with Crippen molar-refractivity contribution in [2.45, 2.75) is 19.8 Å². The summed E-state index contributed by atoms with van der Waals surface area (Å²) < 4.78 is 1.99. The van der Waals surface area contributed by atoms with Crippen molar-refractivity contribution in [3.05, 3.63) is 48.0 Å². The van der Waals surface area contributed by atoms with E-state index in [0.29, 0.717) is 17.6 Å². The Hall–Kier alpha value is -2.49. The molecule has 20 heavy (non-hydrogen) atoms. The van der Waals surface area contributed by atoms with Crippen molar-refractivity contribution in [3.63, 3.8) is 0 Å². The molecule has 0 aliphatic carbocycles. The minimum Gasteiger partial charge on any atom is -0.399 e. The van der Waals surface area contributed by atoms with Crippen LogP contribution in [0.4, 0.5) is 11.6 Å². The van der Waals surface area contributed by atoms with Crippen LogP contribution in [0.15, 0.2) is 42.5 Å². The Labute approximate surface area is 118 Å². The smallest absolute Gasteiger partial charge is 0.205 e. The van der Waals surface area contributed by atoms with E-state index >= 15 is 0 Å². The molecule has 0 radical (unpaired) electrons. The molecule has 4 nitrogen and oxygen atoms in total. The molecular formula is C16H18N4. The zero-order valence-corrected chi connectivity index (χ0v) is 11.7. The number of nitrogen functional groups attached to an aromatic ring is 2. The molecule has 1 aromatic heterocycles. The highest BCUT2D eigenvalue weighted by atomic mass is 15.2. The molecule has 0 aliphatic rings. The molecule has 0 fully saturated rings. The van der Waals surface area contributed by atoms with Gasteiger partial charge in [-0.2, -0.15) is 0 Å². The standard InChI is InChI=1S/C16H18N4/c1-10(2)12-5-3-4-6-14(12)20-15-8-7-11(17)9-13(15)19-16(20)18/h3-10H,17H2,1-2H3,(H2,18,19). The van der Waals surface area contributed by atoms with Crippen molar-refractivity contribution >= 4 is 22.7 Å². The summed E-state index contributed by atoms with van der Waals surface area (Å²) in [6.45, 7) is 4.35. The fourth-order valence-corrected chi connectivity index (χ4v) is 2.55. The fourth-order valence-electron chi connectivity index (χ4n) is 2.55. The second-order valence-electron chi connectivity index (χ2n) is 5.27. The average Bonchev–Trinajstić information content (AvgIpc) is 2.73. The van der Waals surface area contributed by atoms with Crippen LogP contribution >= 0.6 is 0 Å². The Balaban J connectivity index is 2.33. The van der Waals surface area contributed by atoms with Gasteiger partial charge in [-0.25, -0.2) is 4.98 Å². The zero-order chi connectivity index (χ0) is 14.3. The third-order valence-electron chi connectivity index (χ3n) is 3.50. The predicted octanol–water partition coefficient (Wildman–Crippen LogP) is 3.31. The molecule has 0 unspecified atom stereocenters. The Kier molecular flexibility index (Phi) is 2.86. The number of imidazole rings is 1. The van der Waals surface area contributed by atoms with E-state index in [1.54, 1.807) is 0 Å². The monoisotopic (exact) mass is 266 g/mol. The highest BCUT2D eigenvalue weighted by Gasteiger charge is 2.14. The molecule has 2 aromatic carbocycles. The maximum Gasteiger partial charge on any atom is 0.205 e. The fraction of sp³-hybridized carbons (Fsp3) is 0.188. The maximum absolute atomic E-state index is 6.12. The van der Waals surface area contributed by atoms with Gasteiger partial charge in [0.05, 0.1) is 16.7 Å². The lowest BCUT2D eigenvalue weighted by atomic mass is 10.0. The van der Waals surface area contributed by atoms with Gasteiger partial charge < -0.3 is 11.5 Å². The van der Waals surface area contributed by atoms with E-state index in [1.165, 1.54) is 5.56 Å². The number of hydrogen-bond acceptors (Lipinski definition) is 3. The Bertz CT molecular complexity index is 771. The third kappa shape index (κ3) is 1.90. The SMILES string of the molecule is CC(C)c1ccccc1-n1c(N)nc2cc(N)ccc21. The van der Waals surface area contributed by atoms with Crippen LogP contribution in [-0.4, -0.2) is 9.55 Å². The van der Waals surface area contributed by atoms with Crippen LogP contribution in [0.5, 0.6) is 0 Å². The Morgan fingerprint density at radius 3 is 2.55 bits per heavy atom. The highest BCUT2D eigenvalue weighted by molar-refractivity contribution is 5.84. The minimum atomic E-state index is 0.414. The van der Waals surface area contributed by atoms with E-state index in [4.69, 9.17) is 11.5 Å². The van der Waals surface area contributed by atoms with Crippen LogP contribution in [-0.2, 0) is 0 Å². The number of para-hydroxylation sites is 1. The van der Waals surface area contributed by atoms with Gasteiger partial charge in [-0.05, 0) is 35.7 Å². The van der Waals surface area contributed by atoms with Crippen LogP contribution in [0.3, 0.4) is 0 Å². The van der Waals surface area contributed by atoms with Crippen molar-refractivity contribution in [1.29, 1.82) is 0 Å². The summed E-state index contributed by atoms with van der Waals surface area (Å²) in [5, 5.41) is 0. The van der Waals surface area contributed by atoms with Crippen molar-refractivity contribution in [2.75, 3.05) is 11.5 Å². The van der Waals surface area contributed by atoms with Gasteiger partial charge in [0.15, 0.2) is 0 Å². The molecule has 0 bridgehead atoms. The number of nitrogens with zero attached hydrogens (tertiary/aromatic N) is 2. The van der Waals surface area contributed by atoms with Gasteiger partial charge in [-0.3, -0.25) is 4.57 Å². The molecule has 0 saturated heterocycles. The van der Waals surface area contributed by atoms with E-state index in [2.05, 4.69) is 31.0 Å². The van der Waals surface area contributed by atoms with E-state index in [1.807, 2.05) is 34.9 Å². The van der Waals surface area contributed by atoms with Gasteiger partial charge in [-0.1, -0.05) is 32.0 Å². The molecule has 0 saturated carbocycles. The second-order valence-corrected chi connectivity index (χ2v) is 5.27. The van der Waals surface area contributed by atoms with Crippen LogP contribution < -0.4 is 11.5 Å². The first kappa shape index (κ1) is 12.5. The number of anilines is 2. The minimum absolute atomic E-state index is 0.414. The number of benzene rings is 2. The average molecular weight is 266 g/mol. The first-order valence-electron chi connectivity index (χ1n) is 6.70. The molecular weight excluding hydrogens is 248 g/mol. The molecule has 0 atom stereocenters. The summed E-state index contributed by atoms with van der Waals surface area (Å²) in [6, 6.07) is 13.9. The van der Waals surface area contributed by atoms with Crippen molar-refractivity contribution in [1.82, 2.24) is 9.55 Å². The first-order chi connectivity index (χ1) is 9.58. The van der Waals surface area contributed by atoms with Crippen LogP contribution in [0, 0.1) is 0 Å². The van der Waals surface area contributed by atoms with Gasteiger partial charge in [0.2, 0.25) is 5.95 Å². The van der Waals surface area contributed by atoms with E-state index < -0.39 is 0 Å². The van der Waals surface area contributed by atoms with Gasteiger partial charge in [0, 0.05) is 5.69 Å². The molecule has 4 N–H and O–H groups in total. The first-order valence-corrected chi connectivity index (χ1v) is 6.70. The van der Waals surface area contributed by atoms with Gasteiger partial charge in [-0.15, -0.1) is 0 Å². The molecule has 3 aromatic rings. The summed E-state index contributed by atoms with van der Waals surface area (Å²) in [6.07, 6.45) is 0. The maximum atomic E-state index is 6.12. The van der Waals surface area contributed by atoms with Crippen molar-refractivity contribution in [3.8, 4) is 5.69 Å². The molecule has 0 spiro atoms.